The van der Waals surface area contributed by atoms with Crippen LogP contribution >= 0.6 is 28.1 Å². The van der Waals surface area contributed by atoms with Crippen LogP contribution in [0, 0.1) is 6.92 Å². The van der Waals surface area contributed by atoms with Crippen molar-refractivity contribution in [2.45, 2.75) is 38.0 Å². The van der Waals surface area contributed by atoms with Crippen molar-refractivity contribution < 1.29 is 9.15 Å². The van der Waals surface area contributed by atoms with Gasteiger partial charge >= 0.3 is 0 Å². The smallest absolute Gasteiger partial charge is 0.170 e. The van der Waals surface area contributed by atoms with Gasteiger partial charge in [-0.1, -0.05) is 28.1 Å². The fourth-order valence-electron chi connectivity index (χ4n) is 4.40. The predicted octanol–water partition coefficient (Wildman–Crippen LogP) is 5.56. The second-order valence-electron chi connectivity index (χ2n) is 8.10. The first-order chi connectivity index (χ1) is 15.1. The summed E-state index contributed by atoms with van der Waals surface area (Å²) < 4.78 is 13.4. The first-order valence-corrected chi connectivity index (χ1v) is 11.8. The number of thiocarbonyl (C=S) groups is 1. The van der Waals surface area contributed by atoms with Crippen molar-refractivity contribution in [3.8, 4) is 11.3 Å². The zero-order valence-corrected chi connectivity index (χ0v) is 19.7. The van der Waals surface area contributed by atoms with Crippen molar-refractivity contribution in [2.24, 2.45) is 0 Å². The Bertz CT molecular complexity index is 1080. The average Bonchev–Trinajstić information content (AvgIpc) is 3.51. The van der Waals surface area contributed by atoms with Crippen molar-refractivity contribution in [1.29, 1.82) is 0 Å². The van der Waals surface area contributed by atoms with Gasteiger partial charge in [-0.15, -0.1) is 0 Å². The average molecular weight is 498 g/mol. The zero-order chi connectivity index (χ0) is 21.4. The van der Waals surface area contributed by atoms with Gasteiger partial charge in [-0.3, -0.25) is 4.98 Å². The summed E-state index contributed by atoms with van der Waals surface area (Å²) in [7, 11) is 0. The van der Waals surface area contributed by atoms with E-state index in [1.165, 1.54) is 5.56 Å². The highest BCUT2D eigenvalue weighted by Crippen LogP contribution is 2.41. The van der Waals surface area contributed by atoms with E-state index in [0.717, 1.165) is 53.2 Å². The highest BCUT2D eigenvalue weighted by molar-refractivity contribution is 9.10. The summed E-state index contributed by atoms with van der Waals surface area (Å²) in [6.07, 6.45) is 4.15. The second-order valence-corrected chi connectivity index (χ2v) is 9.34. The van der Waals surface area contributed by atoms with E-state index >= 15 is 0 Å². The number of nitrogens with zero attached hydrogens (tertiary/aromatic N) is 2. The topological polar surface area (TPSA) is 50.5 Å². The summed E-state index contributed by atoms with van der Waals surface area (Å²) in [5, 5.41) is 4.19. The van der Waals surface area contributed by atoms with Crippen LogP contribution in [-0.2, 0) is 4.74 Å². The highest BCUT2D eigenvalue weighted by Gasteiger charge is 2.42. The number of pyridine rings is 1. The van der Waals surface area contributed by atoms with Gasteiger partial charge in [0.05, 0.1) is 17.8 Å². The van der Waals surface area contributed by atoms with Gasteiger partial charge in [0.25, 0.3) is 0 Å². The molecule has 2 aromatic heterocycles. The van der Waals surface area contributed by atoms with Crippen molar-refractivity contribution in [2.75, 3.05) is 13.2 Å². The number of aromatic nitrogens is 1. The van der Waals surface area contributed by atoms with Crippen LogP contribution in [0.2, 0.25) is 0 Å². The number of rotatable bonds is 5. The third-order valence-corrected chi connectivity index (χ3v) is 6.94. The zero-order valence-electron chi connectivity index (χ0n) is 17.3. The Kier molecular flexibility index (Phi) is 5.82. The maximum Gasteiger partial charge on any atom is 0.170 e. The fourth-order valence-corrected chi connectivity index (χ4v) is 5.40. The Labute approximate surface area is 195 Å². The van der Waals surface area contributed by atoms with Gasteiger partial charge in [0.1, 0.15) is 17.6 Å². The lowest BCUT2D eigenvalue weighted by Gasteiger charge is -2.28. The molecule has 1 aromatic carbocycles. The lowest BCUT2D eigenvalue weighted by molar-refractivity contribution is 0.0818. The van der Waals surface area contributed by atoms with Crippen LogP contribution in [0.4, 0.5) is 0 Å². The van der Waals surface area contributed by atoms with Crippen LogP contribution < -0.4 is 5.32 Å². The molecule has 2 aliphatic heterocycles. The van der Waals surface area contributed by atoms with Crippen LogP contribution in [0.1, 0.15) is 41.9 Å². The third-order valence-electron chi connectivity index (χ3n) is 5.93. The quantitative estimate of drug-likeness (QED) is 0.465. The Balaban J connectivity index is 1.51. The van der Waals surface area contributed by atoms with Crippen molar-refractivity contribution in [3.63, 3.8) is 0 Å². The molecule has 0 radical (unpaired) electrons. The first kappa shape index (κ1) is 20.7. The van der Waals surface area contributed by atoms with Crippen LogP contribution in [0.15, 0.2) is 63.6 Å². The highest BCUT2D eigenvalue weighted by atomic mass is 79.9. The van der Waals surface area contributed by atoms with E-state index < -0.39 is 0 Å². The van der Waals surface area contributed by atoms with Gasteiger partial charge in [0.15, 0.2) is 5.11 Å². The van der Waals surface area contributed by atoms with E-state index in [0.29, 0.717) is 5.11 Å². The number of halogens is 1. The fraction of sp³-hybridized carbons (Fsp3) is 0.333. The molecule has 1 N–H and O–H groups in total. The Hall–Kier alpha value is -2.22. The summed E-state index contributed by atoms with van der Waals surface area (Å²) in [4.78, 5) is 6.80. The molecule has 31 heavy (non-hydrogen) atoms. The van der Waals surface area contributed by atoms with Gasteiger partial charge in [0.2, 0.25) is 0 Å². The van der Waals surface area contributed by atoms with Gasteiger partial charge in [-0.05, 0) is 73.9 Å². The van der Waals surface area contributed by atoms with E-state index in [1.807, 2.05) is 30.5 Å². The summed E-state index contributed by atoms with van der Waals surface area (Å²) >= 11 is 9.42. The second kappa shape index (κ2) is 8.73. The van der Waals surface area contributed by atoms with Gasteiger partial charge < -0.3 is 19.4 Å². The molecule has 0 spiro atoms. The summed E-state index contributed by atoms with van der Waals surface area (Å²) in [5.74, 6) is 1.69. The van der Waals surface area contributed by atoms with Crippen molar-refractivity contribution >= 4 is 33.3 Å². The predicted molar refractivity (Wildman–Crippen MR) is 128 cm³/mol. The minimum Gasteiger partial charge on any atom is -0.459 e. The van der Waals surface area contributed by atoms with Crippen LogP contribution in [0.25, 0.3) is 11.3 Å². The Morgan fingerprint density at radius 2 is 2.13 bits per heavy atom. The van der Waals surface area contributed by atoms with E-state index in [1.54, 1.807) is 0 Å². The molecule has 0 bridgehead atoms. The molecule has 7 heteroatoms. The number of ether oxygens (including phenoxy) is 1. The molecule has 0 amide bonds. The molecular weight excluding hydrogens is 474 g/mol. The first-order valence-electron chi connectivity index (χ1n) is 10.6. The van der Waals surface area contributed by atoms with E-state index in [4.69, 9.17) is 21.4 Å². The normalized spacial score (nSPS) is 23.4. The molecule has 0 aliphatic carbocycles. The number of hydrogen-bond acceptors (Lipinski definition) is 4. The summed E-state index contributed by atoms with van der Waals surface area (Å²) in [6, 6.07) is 16.1. The standard InChI is InChI=1S/C24H24BrN3O2S/c1-15-7-8-17(18(25)13-15)20-9-10-21(30-20)23-22(19-6-2-3-11-26-19)27-24(31)28(23)14-16-5-4-12-29-16/h2-3,6-11,13,16,22-23H,4-5,12,14H2,1H3,(H,27,31). The van der Waals surface area contributed by atoms with Gasteiger partial charge in [-0.25, -0.2) is 0 Å². The molecule has 5 nitrogen and oxygen atoms in total. The Morgan fingerprint density at radius 3 is 2.87 bits per heavy atom. The molecule has 3 aromatic rings. The van der Waals surface area contributed by atoms with Gasteiger partial charge in [-0.2, -0.15) is 0 Å². The molecule has 3 atom stereocenters. The lowest BCUT2D eigenvalue weighted by atomic mass is 10.0. The summed E-state index contributed by atoms with van der Waals surface area (Å²) in [5.41, 5.74) is 3.18. The van der Waals surface area contributed by atoms with Gasteiger partial charge in [0, 0.05) is 29.4 Å². The SMILES string of the molecule is Cc1ccc(-c2ccc(C3C(c4ccccn4)NC(=S)N3CC3CCCO3)o2)c(Br)c1. The van der Waals surface area contributed by atoms with Crippen molar-refractivity contribution in [1.82, 2.24) is 15.2 Å². The maximum atomic E-state index is 6.43. The van der Waals surface area contributed by atoms with Crippen LogP contribution in [0.5, 0.6) is 0 Å². The largest absolute Gasteiger partial charge is 0.459 e. The number of aryl methyl sites for hydroxylation is 1. The van der Waals surface area contributed by atoms with Crippen LogP contribution in [-0.4, -0.2) is 34.3 Å². The number of nitrogens with one attached hydrogen (secondary N) is 1. The molecule has 2 fully saturated rings. The number of furan rings is 1. The van der Waals surface area contributed by atoms with E-state index in [-0.39, 0.29) is 18.2 Å². The number of hydrogen-bond donors (Lipinski definition) is 1. The minimum atomic E-state index is -0.0930. The molecule has 2 saturated heterocycles. The van der Waals surface area contributed by atoms with E-state index in [9.17, 15) is 0 Å². The molecule has 4 heterocycles. The molecule has 0 saturated carbocycles. The molecule has 5 rings (SSSR count). The number of benzene rings is 1. The third kappa shape index (κ3) is 4.14. The minimum absolute atomic E-state index is 0.0874. The molecule has 2 aliphatic rings. The monoisotopic (exact) mass is 497 g/mol. The summed E-state index contributed by atoms with van der Waals surface area (Å²) in [6.45, 7) is 3.64. The maximum absolute atomic E-state index is 6.43. The van der Waals surface area contributed by atoms with E-state index in [2.05, 4.69) is 62.3 Å². The lowest BCUT2D eigenvalue weighted by Crippen LogP contribution is -2.36. The molecule has 3 unspecified atom stereocenters. The molecular formula is C24H24BrN3O2S. The molecule has 160 valence electrons. The van der Waals surface area contributed by atoms with Crippen LogP contribution in [0.3, 0.4) is 0 Å². The van der Waals surface area contributed by atoms with Crippen molar-refractivity contribution in [3.05, 3.63) is 76.2 Å². The Morgan fingerprint density at radius 1 is 1.23 bits per heavy atom.